The zero-order chi connectivity index (χ0) is 15.2. The Bertz CT molecular complexity index is 623. The van der Waals surface area contributed by atoms with E-state index in [0.29, 0.717) is 10.6 Å². The van der Waals surface area contributed by atoms with Crippen LogP contribution in [-0.4, -0.2) is 10.9 Å². The van der Waals surface area contributed by atoms with Crippen LogP contribution < -0.4 is 5.32 Å². The van der Waals surface area contributed by atoms with Gasteiger partial charge >= 0.3 is 0 Å². The van der Waals surface area contributed by atoms with Crippen LogP contribution in [0.5, 0.6) is 0 Å². The second-order valence-corrected chi connectivity index (χ2v) is 5.47. The van der Waals surface area contributed by atoms with Gasteiger partial charge in [-0.15, -0.1) is 0 Å². The first-order valence-corrected chi connectivity index (χ1v) is 7.50. The maximum atomic E-state index is 12.2. The van der Waals surface area contributed by atoms with Crippen LogP contribution in [0.4, 0.5) is 5.69 Å². The van der Waals surface area contributed by atoms with Crippen molar-refractivity contribution in [3.05, 3.63) is 58.4 Å². The van der Waals surface area contributed by atoms with Crippen LogP contribution in [0.15, 0.2) is 36.5 Å². The molecule has 0 fully saturated rings. The number of carbonyl (C=O) groups excluding carboxylic acids is 1. The normalized spacial score (nSPS) is 10.4. The molecule has 1 heterocycles. The number of aryl methyl sites for hydroxylation is 2. The lowest BCUT2D eigenvalue weighted by Gasteiger charge is -2.08. The predicted molar refractivity (Wildman–Crippen MR) is 87.0 cm³/mol. The number of carbonyl (C=O) groups is 1. The molecule has 2 rings (SSSR count). The Labute approximate surface area is 130 Å². The number of hydrogen-bond acceptors (Lipinski definition) is 2. The van der Waals surface area contributed by atoms with Crippen molar-refractivity contribution in [3.8, 4) is 0 Å². The first-order chi connectivity index (χ1) is 10.1. The van der Waals surface area contributed by atoms with E-state index in [2.05, 4.69) is 17.2 Å². The molecule has 2 aromatic rings. The zero-order valence-corrected chi connectivity index (χ0v) is 13.1. The van der Waals surface area contributed by atoms with E-state index in [1.54, 1.807) is 6.07 Å². The van der Waals surface area contributed by atoms with Gasteiger partial charge in [-0.2, -0.15) is 0 Å². The highest BCUT2D eigenvalue weighted by Crippen LogP contribution is 2.18. The maximum Gasteiger partial charge on any atom is 0.258 e. The molecule has 0 unspecified atom stereocenters. The van der Waals surface area contributed by atoms with Gasteiger partial charge < -0.3 is 5.32 Å². The van der Waals surface area contributed by atoms with Crippen LogP contribution in [0.1, 0.15) is 41.4 Å². The number of benzene rings is 1. The van der Waals surface area contributed by atoms with Crippen molar-refractivity contribution in [1.29, 1.82) is 0 Å². The molecule has 0 aliphatic rings. The summed E-state index contributed by atoms with van der Waals surface area (Å²) < 4.78 is 0. The first-order valence-electron chi connectivity index (χ1n) is 7.12. The largest absolute Gasteiger partial charge is 0.322 e. The van der Waals surface area contributed by atoms with Crippen LogP contribution in [-0.2, 0) is 6.42 Å². The molecule has 0 saturated heterocycles. The number of anilines is 1. The van der Waals surface area contributed by atoms with E-state index >= 15 is 0 Å². The molecular formula is C17H19ClN2O. The Kier molecular flexibility index (Phi) is 5.34. The minimum absolute atomic E-state index is 0.242. The van der Waals surface area contributed by atoms with E-state index in [9.17, 15) is 4.79 Å². The minimum Gasteiger partial charge on any atom is -0.322 e. The quantitative estimate of drug-likeness (QED) is 0.874. The number of rotatable bonds is 5. The van der Waals surface area contributed by atoms with E-state index < -0.39 is 0 Å². The van der Waals surface area contributed by atoms with Gasteiger partial charge in [0.05, 0.1) is 10.6 Å². The summed E-state index contributed by atoms with van der Waals surface area (Å²) in [7, 11) is 0. The fraction of sp³-hybridized carbons (Fsp3) is 0.294. The third-order valence-electron chi connectivity index (χ3n) is 3.27. The molecule has 0 bridgehead atoms. The van der Waals surface area contributed by atoms with Crippen molar-refractivity contribution >= 4 is 23.2 Å². The smallest absolute Gasteiger partial charge is 0.258 e. The minimum atomic E-state index is -0.242. The molecule has 0 aliphatic carbocycles. The van der Waals surface area contributed by atoms with E-state index in [1.807, 2.05) is 31.2 Å². The molecule has 1 aromatic heterocycles. The standard InChI is InChI=1S/C17H19ClN2O/c1-3-4-5-13-6-8-14(9-7-13)20-17(21)15-11-19-12(2)10-16(15)18/h6-11H,3-5H2,1-2H3,(H,20,21). The lowest BCUT2D eigenvalue weighted by atomic mass is 10.1. The van der Waals surface area contributed by atoms with Crippen molar-refractivity contribution in [2.24, 2.45) is 0 Å². The Morgan fingerprint density at radius 1 is 1.29 bits per heavy atom. The summed E-state index contributed by atoms with van der Waals surface area (Å²) >= 11 is 6.07. The van der Waals surface area contributed by atoms with Crippen LogP contribution in [0.25, 0.3) is 0 Å². The second kappa shape index (κ2) is 7.23. The summed E-state index contributed by atoms with van der Waals surface area (Å²) in [6, 6.07) is 9.60. The summed E-state index contributed by atoms with van der Waals surface area (Å²) in [6.45, 7) is 4.01. The van der Waals surface area contributed by atoms with Crippen molar-refractivity contribution in [1.82, 2.24) is 4.98 Å². The van der Waals surface area contributed by atoms with Crippen LogP contribution >= 0.6 is 11.6 Å². The van der Waals surface area contributed by atoms with E-state index in [1.165, 1.54) is 24.6 Å². The van der Waals surface area contributed by atoms with Gasteiger partial charge in [-0.05, 0) is 43.5 Å². The fourth-order valence-corrected chi connectivity index (χ4v) is 2.32. The first kappa shape index (κ1) is 15.5. The Morgan fingerprint density at radius 3 is 2.62 bits per heavy atom. The number of pyridine rings is 1. The number of nitrogens with zero attached hydrogens (tertiary/aromatic N) is 1. The number of nitrogens with one attached hydrogen (secondary N) is 1. The Morgan fingerprint density at radius 2 is 2.00 bits per heavy atom. The highest BCUT2D eigenvalue weighted by molar-refractivity contribution is 6.34. The average Bonchev–Trinajstić information content (AvgIpc) is 2.46. The molecule has 0 saturated carbocycles. The lowest BCUT2D eigenvalue weighted by molar-refractivity contribution is 0.102. The number of hydrogen-bond donors (Lipinski definition) is 1. The van der Waals surface area contributed by atoms with Crippen LogP contribution in [0, 0.1) is 6.92 Å². The van der Waals surface area contributed by atoms with Gasteiger partial charge in [-0.25, -0.2) is 0 Å². The van der Waals surface area contributed by atoms with E-state index in [0.717, 1.165) is 17.8 Å². The molecule has 1 amide bonds. The molecule has 1 N–H and O–H groups in total. The van der Waals surface area contributed by atoms with Gasteiger partial charge in [0.25, 0.3) is 5.91 Å². The summed E-state index contributed by atoms with van der Waals surface area (Å²) in [4.78, 5) is 16.3. The van der Waals surface area contributed by atoms with Gasteiger partial charge in [0.2, 0.25) is 0 Å². The molecular weight excluding hydrogens is 284 g/mol. The molecule has 0 atom stereocenters. The second-order valence-electron chi connectivity index (χ2n) is 5.06. The highest BCUT2D eigenvalue weighted by atomic mass is 35.5. The zero-order valence-electron chi connectivity index (χ0n) is 12.3. The molecule has 0 aliphatic heterocycles. The van der Waals surface area contributed by atoms with Gasteiger partial charge in [-0.3, -0.25) is 9.78 Å². The molecule has 110 valence electrons. The van der Waals surface area contributed by atoms with Crippen molar-refractivity contribution in [3.63, 3.8) is 0 Å². The highest BCUT2D eigenvalue weighted by Gasteiger charge is 2.11. The predicted octanol–water partition coefficient (Wildman–Crippen LogP) is 4.64. The van der Waals surface area contributed by atoms with Gasteiger partial charge in [0.15, 0.2) is 0 Å². The number of halogens is 1. The number of aromatic nitrogens is 1. The third-order valence-corrected chi connectivity index (χ3v) is 3.58. The summed E-state index contributed by atoms with van der Waals surface area (Å²) in [5.41, 5.74) is 3.22. The molecule has 4 heteroatoms. The van der Waals surface area contributed by atoms with Crippen molar-refractivity contribution in [2.75, 3.05) is 5.32 Å². The van der Waals surface area contributed by atoms with E-state index in [4.69, 9.17) is 11.6 Å². The Balaban J connectivity index is 2.05. The van der Waals surface area contributed by atoms with Crippen molar-refractivity contribution in [2.45, 2.75) is 33.1 Å². The molecule has 3 nitrogen and oxygen atoms in total. The maximum absolute atomic E-state index is 12.2. The lowest BCUT2D eigenvalue weighted by Crippen LogP contribution is -2.13. The third kappa shape index (κ3) is 4.30. The number of unbranched alkanes of at least 4 members (excludes halogenated alkanes) is 1. The summed E-state index contributed by atoms with van der Waals surface area (Å²) in [6.07, 6.45) is 4.93. The van der Waals surface area contributed by atoms with Crippen LogP contribution in [0.2, 0.25) is 5.02 Å². The topological polar surface area (TPSA) is 42.0 Å². The van der Waals surface area contributed by atoms with E-state index in [-0.39, 0.29) is 5.91 Å². The fourth-order valence-electron chi connectivity index (χ4n) is 2.03. The summed E-state index contributed by atoms with van der Waals surface area (Å²) in [5, 5.41) is 3.25. The number of amides is 1. The van der Waals surface area contributed by atoms with Crippen molar-refractivity contribution < 1.29 is 4.79 Å². The summed E-state index contributed by atoms with van der Waals surface area (Å²) in [5.74, 6) is -0.242. The van der Waals surface area contributed by atoms with Crippen LogP contribution in [0.3, 0.4) is 0 Å². The van der Waals surface area contributed by atoms with Gasteiger partial charge in [0.1, 0.15) is 0 Å². The monoisotopic (exact) mass is 302 g/mol. The van der Waals surface area contributed by atoms with Gasteiger partial charge in [0, 0.05) is 17.6 Å². The molecule has 21 heavy (non-hydrogen) atoms. The molecule has 1 aromatic carbocycles. The SMILES string of the molecule is CCCCc1ccc(NC(=O)c2cnc(C)cc2Cl)cc1. The molecule has 0 radical (unpaired) electrons. The molecule has 0 spiro atoms. The Hall–Kier alpha value is -1.87. The van der Waals surface area contributed by atoms with Gasteiger partial charge in [-0.1, -0.05) is 37.1 Å². The average molecular weight is 303 g/mol.